The maximum Gasteiger partial charge on any atom is 0.0962 e. The number of benzene rings is 1. The summed E-state index contributed by atoms with van der Waals surface area (Å²) in [5.41, 5.74) is 8.14. The Labute approximate surface area is 120 Å². The molecular formula is C14H16BrNOS. The van der Waals surface area contributed by atoms with Crippen molar-refractivity contribution < 1.29 is 5.11 Å². The van der Waals surface area contributed by atoms with Crippen LogP contribution in [0.5, 0.6) is 0 Å². The highest BCUT2D eigenvalue weighted by Gasteiger charge is 2.23. The molecule has 2 nitrogen and oxygen atoms in total. The smallest absolute Gasteiger partial charge is 0.0962 e. The molecule has 0 aliphatic heterocycles. The molecule has 0 saturated carbocycles. The summed E-state index contributed by atoms with van der Waals surface area (Å²) < 4.78 is 1.03. The Morgan fingerprint density at radius 3 is 2.56 bits per heavy atom. The van der Waals surface area contributed by atoms with Crippen LogP contribution in [-0.4, -0.2) is 11.7 Å². The Bertz CT molecular complexity index is 526. The van der Waals surface area contributed by atoms with Crippen molar-refractivity contribution in [2.24, 2.45) is 5.73 Å². The van der Waals surface area contributed by atoms with Crippen LogP contribution in [0.2, 0.25) is 0 Å². The maximum atomic E-state index is 10.5. The fourth-order valence-electron chi connectivity index (χ4n) is 2.11. The van der Waals surface area contributed by atoms with E-state index in [0.717, 1.165) is 14.2 Å². The Balaban J connectivity index is 2.32. The zero-order chi connectivity index (χ0) is 13.1. The van der Waals surface area contributed by atoms with E-state index in [-0.39, 0.29) is 5.92 Å². The summed E-state index contributed by atoms with van der Waals surface area (Å²) in [6.07, 6.45) is -0.549. The molecule has 1 aromatic carbocycles. The van der Waals surface area contributed by atoms with Crippen molar-refractivity contribution in [1.29, 1.82) is 0 Å². The van der Waals surface area contributed by atoms with E-state index in [1.807, 2.05) is 30.3 Å². The minimum atomic E-state index is -0.549. The molecule has 1 aromatic heterocycles. The Morgan fingerprint density at radius 2 is 2.00 bits per heavy atom. The Morgan fingerprint density at radius 1 is 1.28 bits per heavy atom. The first kappa shape index (κ1) is 13.7. The average Bonchev–Trinajstić information content (AvgIpc) is 2.79. The molecule has 0 aliphatic rings. The second-order valence-corrected chi connectivity index (χ2v) is 6.78. The van der Waals surface area contributed by atoms with Gasteiger partial charge in [-0.2, -0.15) is 0 Å². The fraction of sp³-hybridized carbons (Fsp3) is 0.286. The van der Waals surface area contributed by atoms with Gasteiger partial charge in [-0.1, -0.05) is 24.3 Å². The molecule has 2 atom stereocenters. The SMILES string of the molecule is Cc1ccccc1C(CN)C(O)c1ccc(Br)s1. The van der Waals surface area contributed by atoms with Gasteiger partial charge in [0.1, 0.15) is 0 Å². The maximum absolute atomic E-state index is 10.5. The third kappa shape index (κ3) is 2.83. The first-order chi connectivity index (χ1) is 8.63. The zero-order valence-electron chi connectivity index (χ0n) is 10.1. The number of aliphatic hydroxyl groups is 1. The van der Waals surface area contributed by atoms with Crippen LogP contribution in [0.25, 0.3) is 0 Å². The van der Waals surface area contributed by atoms with E-state index in [9.17, 15) is 5.11 Å². The van der Waals surface area contributed by atoms with Crippen LogP contribution in [0.3, 0.4) is 0 Å². The van der Waals surface area contributed by atoms with Crippen LogP contribution in [0.1, 0.15) is 28.0 Å². The van der Waals surface area contributed by atoms with E-state index in [1.165, 1.54) is 5.56 Å². The van der Waals surface area contributed by atoms with Crippen molar-refractivity contribution in [3.05, 3.63) is 56.2 Å². The monoisotopic (exact) mass is 325 g/mol. The minimum absolute atomic E-state index is 0.0586. The molecule has 96 valence electrons. The van der Waals surface area contributed by atoms with Gasteiger partial charge in [-0.05, 0) is 46.1 Å². The first-order valence-corrected chi connectivity index (χ1v) is 7.43. The van der Waals surface area contributed by atoms with Gasteiger partial charge in [0.2, 0.25) is 0 Å². The van der Waals surface area contributed by atoms with Gasteiger partial charge in [0.05, 0.1) is 9.89 Å². The molecule has 0 spiro atoms. The van der Waals surface area contributed by atoms with Gasteiger partial charge in [0.25, 0.3) is 0 Å². The Kier molecular flexibility index (Phi) is 4.56. The highest BCUT2D eigenvalue weighted by Crippen LogP contribution is 2.36. The standard InChI is InChI=1S/C14H16BrNOS/c1-9-4-2-3-5-10(9)11(8-16)14(17)12-6-7-13(15)18-12/h2-7,11,14,17H,8,16H2,1H3. The van der Waals surface area contributed by atoms with E-state index in [0.29, 0.717) is 6.54 Å². The van der Waals surface area contributed by atoms with Crippen molar-refractivity contribution in [3.8, 4) is 0 Å². The molecule has 2 aromatic rings. The fourth-order valence-corrected chi connectivity index (χ4v) is 3.59. The van der Waals surface area contributed by atoms with Crippen LogP contribution >= 0.6 is 27.3 Å². The van der Waals surface area contributed by atoms with E-state index in [4.69, 9.17) is 5.73 Å². The summed E-state index contributed by atoms with van der Waals surface area (Å²) in [6, 6.07) is 12.0. The second-order valence-electron chi connectivity index (χ2n) is 4.29. The van der Waals surface area contributed by atoms with Crippen molar-refractivity contribution in [3.63, 3.8) is 0 Å². The molecule has 0 radical (unpaired) electrons. The van der Waals surface area contributed by atoms with Gasteiger partial charge in [-0.15, -0.1) is 11.3 Å². The number of thiophene rings is 1. The molecule has 18 heavy (non-hydrogen) atoms. The third-order valence-electron chi connectivity index (χ3n) is 3.11. The normalized spacial score (nSPS) is 14.4. The molecule has 0 amide bonds. The van der Waals surface area contributed by atoms with Gasteiger partial charge in [-0.25, -0.2) is 0 Å². The lowest BCUT2D eigenvalue weighted by molar-refractivity contribution is 0.151. The van der Waals surface area contributed by atoms with Crippen molar-refractivity contribution in [2.75, 3.05) is 6.54 Å². The number of aryl methyl sites for hydroxylation is 1. The lowest BCUT2D eigenvalue weighted by atomic mass is 9.89. The zero-order valence-corrected chi connectivity index (χ0v) is 12.5. The summed E-state index contributed by atoms with van der Waals surface area (Å²) in [5.74, 6) is -0.0586. The molecule has 2 unspecified atom stereocenters. The molecule has 0 fully saturated rings. The number of rotatable bonds is 4. The van der Waals surface area contributed by atoms with Crippen molar-refractivity contribution >= 4 is 27.3 Å². The van der Waals surface area contributed by atoms with Crippen LogP contribution < -0.4 is 5.73 Å². The van der Waals surface area contributed by atoms with Gasteiger partial charge in [0, 0.05) is 17.3 Å². The van der Waals surface area contributed by atoms with Gasteiger partial charge in [0.15, 0.2) is 0 Å². The van der Waals surface area contributed by atoms with E-state index in [2.05, 4.69) is 28.9 Å². The van der Waals surface area contributed by atoms with Crippen LogP contribution in [-0.2, 0) is 0 Å². The van der Waals surface area contributed by atoms with Gasteiger partial charge >= 0.3 is 0 Å². The first-order valence-electron chi connectivity index (χ1n) is 5.82. The molecule has 0 saturated heterocycles. The second kappa shape index (κ2) is 5.97. The minimum Gasteiger partial charge on any atom is -0.387 e. The number of halogens is 1. The molecule has 2 rings (SSSR count). The summed E-state index contributed by atoms with van der Waals surface area (Å²) in [7, 11) is 0. The number of hydrogen-bond acceptors (Lipinski definition) is 3. The number of nitrogens with two attached hydrogens (primary N) is 1. The number of hydrogen-bond donors (Lipinski definition) is 2. The molecule has 0 aliphatic carbocycles. The molecule has 3 N–H and O–H groups in total. The van der Waals surface area contributed by atoms with Crippen LogP contribution in [0, 0.1) is 6.92 Å². The highest BCUT2D eigenvalue weighted by atomic mass is 79.9. The lowest BCUT2D eigenvalue weighted by Crippen LogP contribution is -2.20. The average molecular weight is 326 g/mol. The quantitative estimate of drug-likeness (QED) is 0.902. The number of aliphatic hydroxyl groups excluding tert-OH is 1. The topological polar surface area (TPSA) is 46.2 Å². The van der Waals surface area contributed by atoms with Crippen LogP contribution in [0.15, 0.2) is 40.2 Å². The van der Waals surface area contributed by atoms with Gasteiger partial charge in [-0.3, -0.25) is 0 Å². The molecule has 0 bridgehead atoms. The predicted molar refractivity (Wildman–Crippen MR) is 80.0 cm³/mol. The lowest BCUT2D eigenvalue weighted by Gasteiger charge is -2.22. The van der Waals surface area contributed by atoms with Crippen LogP contribution in [0.4, 0.5) is 0 Å². The van der Waals surface area contributed by atoms with E-state index in [1.54, 1.807) is 11.3 Å². The molecular weight excluding hydrogens is 310 g/mol. The van der Waals surface area contributed by atoms with E-state index >= 15 is 0 Å². The third-order valence-corrected chi connectivity index (χ3v) is 4.80. The van der Waals surface area contributed by atoms with Crippen molar-refractivity contribution in [2.45, 2.75) is 18.9 Å². The highest BCUT2D eigenvalue weighted by molar-refractivity contribution is 9.11. The summed E-state index contributed by atoms with van der Waals surface area (Å²) in [4.78, 5) is 0.945. The Hall–Kier alpha value is -0.680. The molecule has 1 heterocycles. The summed E-state index contributed by atoms with van der Waals surface area (Å²) >= 11 is 4.97. The summed E-state index contributed by atoms with van der Waals surface area (Å²) in [5, 5.41) is 10.5. The van der Waals surface area contributed by atoms with E-state index < -0.39 is 6.10 Å². The van der Waals surface area contributed by atoms with Gasteiger partial charge < -0.3 is 10.8 Å². The van der Waals surface area contributed by atoms with Crippen molar-refractivity contribution in [1.82, 2.24) is 0 Å². The largest absolute Gasteiger partial charge is 0.387 e. The predicted octanol–water partition coefficient (Wildman–Crippen LogP) is 3.59. The summed E-state index contributed by atoms with van der Waals surface area (Å²) in [6.45, 7) is 2.48. The molecule has 4 heteroatoms.